The second kappa shape index (κ2) is 8.54. The van der Waals surface area contributed by atoms with Crippen LogP contribution in [0.1, 0.15) is 55.3 Å². The minimum absolute atomic E-state index is 0.00237. The monoisotopic (exact) mass is 382 g/mol. The number of nitrogens with one attached hydrogen (secondary N) is 1. The van der Waals surface area contributed by atoms with Crippen molar-refractivity contribution >= 4 is 11.8 Å². The molecule has 1 aromatic heterocycles. The van der Waals surface area contributed by atoms with E-state index in [2.05, 4.69) is 15.5 Å². The van der Waals surface area contributed by atoms with Gasteiger partial charge >= 0.3 is 0 Å². The predicted molar refractivity (Wildman–Crippen MR) is 102 cm³/mol. The van der Waals surface area contributed by atoms with E-state index in [0.29, 0.717) is 44.2 Å². The maximum Gasteiger partial charge on any atom is 0.246 e. The Hall–Kier alpha value is -2.70. The Labute approximate surface area is 164 Å². The molecule has 2 heterocycles. The molecule has 2 aromatic rings. The molecule has 148 valence electrons. The summed E-state index contributed by atoms with van der Waals surface area (Å²) in [5.41, 5.74) is 1.18. The van der Waals surface area contributed by atoms with Crippen molar-refractivity contribution in [3.05, 3.63) is 47.6 Å². The minimum Gasteiger partial charge on any atom is -0.347 e. The number of rotatable bonds is 7. The molecule has 1 aliphatic carbocycles. The van der Waals surface area contributed by atoms with E-state index >= 15 is 0 Å². The Morgan fingerprint density at radius 3 is 2.57 bits per heavy atom. The maximum atomic E-state index is 12.4. The first-order valence-electron chi connectivity index (χ1n) is 10.1. The second-order valence-electron chi connectivity index (χ2n) is 7.68. The van der Waals surface area contributed by atoms with Crippen LogP contribution in [-0.2, 0) is 22.6 Å². The zero-order valence-electron chi connectivity index (χ0n) is 16.0. The average Bonchev–Trinajstić information content (AvgIpc) is 3.49. The summed E-state index contributed by atoms with van der Waals surface area (Å²) >= 11 is 0. The normalized spacial score (nSPS) is 17.5. The predicted octanol–water partition coefficient (Wildman–Crippen LogP) is 2.43. The Kier molecular flexibility index (Phi) is 5.69. The van der Waals surface area contributed by atoms with Crippen LogP contribution < -0.4 is 5.32 Å². The van der Waals surface area contributed by atoms with E-state index in [1.165, 1.54) is 5.56 Å². The molecule has 1 aromatic carbocycles. The van der Waals surface area contributed by atoms with Crippen molar-refractivity contribution in [2.24, 2.45) is 5.92 Å². The maximum absolute atomic E-state index is 12.4. The van der Waals surface area contributed by atoms with Crippen LogP contribution in [0, 0.1) is 5.92 Å². The number of amides is 2. The molecule has 2 aliphatic rings. The Morgan fingerprint density at radius 2 is 1.86 bits per heavy atom. The molecule has 1 N–H and O–H groups in total. The number of hydrogen-bond donors (Lipinski definition) is 1. The smallest absolute Gasteiger partial charge is 0.246 e. The number of piperidine rings is 1. The van der Waals surface area contributed by atoms with Crippen molar-refractivity contribution in [2.45, 2.75) is 51.0 Å². The van der Waals surface area contributed by atoms with Crippen molar-refractivity contribution in [2.75, 3.05) is 13.1 Å². The summed E-state index contributed by atoms with van der Waals surface area (Å²) in [6.45, 7) is 1.55. The summed E-state index contributed by atoms with van der Waals surface area (Å²) in [5.74, 6) is 1.76. The standard InChI is InChI=1S/C21H26N4O3/c26-19(9-6-15-4-2-1-3-5-15)25-12-10-17(11-13-25)21(27)22-14-18-23-20(24-28-18)16-7-8-16/h1-5,16-17H,6-14H2,(H,22,27). The third-order valence-electron chi connectivity index (χ3n) is 5.53. The number of likely N-dealkylation sites (tertiary alicyclic amines) is 1. The van der Waals surface area contributed by atoms with Crippen LogP contribution in [0.4, 0.5) is 0 Å². The van der Waals surface area contributed by atoms with Gasteiger partial charge in [-0.15, -0.1) is 0 Å². The highest BCUT2D eigenvalue weighted by atomic mass is 16.5. The highest BCUT2D eigenvalue weighted by molar-refractivity contribution is 5.80. The third-order valence-corrected chi connectivity index (χ3v) is 5.53. The zero-order chi connectivity index (χ0) is 19.3. The molecule has 2 amide bonds. The number of hydrogen-bond acceptors (Lipinski definition) is 5. The molecular weight excluding hydrogens is 356 g/mol. The van der Waals surface area contributed by atoms with E-state index < -0.39 is 0 Å². The number of benzene rings is 1. The molecule has 1 saturated heterocycles. The third kappa shape index (κ3) is 4.77. The summed E-state index contributed by atoms with van der Waals surface area (Å²) in [6.07, 6.45) is 4.90. The van der Waals surface area contributed by atoms with Crippen LogP contribution in [0.15, 0.2) is 34.9 Å². The largest absolute Gasteiger partial charge is 0.347 e. The highest BCUT2D eigenvalue weighted by Gasteiger charge is 2.30. The first-order chi connectivity index (χ1) is 13.7. The molecule has 0 atom stereocenters. The molecule has 1 saturated carbocycles. The lowest BCUT2D eigenvalue weighted by Gasteiger charge is -2.31. The van der Waals surface area contributed by atoms with Gasteiger partial charge in [-0.2, -0.15) is 4.98 Å². The molecule has 0 unspecified atom stereocenters. The summed E-state index contributed by atoms with van der Waals surface area (Å²) in [5, 5.41) is 6.85. The van der Waals surface area contributed by atoms with Crippen molar-refractivity contribution in [1.29, 1.82) is 0 Å². The molecule has 7 heteroatoms. The first kappa shape index (κ1) is 18.7. The van der Waals surface area contributed by atoms with E-state index in [1.54, 1.807) is 0 Å². The van der Waals surface area contributed by atoms with Gasteiger partial charge in [0.25, 0.3) is 0 Å². The van der Waals surface area contributed by atoms with Gasteiger partial charge in [0.15, 0.2) is 5.82 Å². The second-order valence-corrected chi connectivity index (χ2v) is 7.68. The van der Waals surface area contributed by atoms with Gasteiger partial charge < -0.3 is 14.7 Å². The molecule has 28 heavy (non-hydrogen) atoms. The number of nitrogens with zero attached hydrogens (tertiary/aromatic N) is 3. The van der Waals surface area contributed by atoms with Crippen molar-refractivity contribution < 1.29 is 14.1 Å². The Morgan fingerprint density at radius 1 is 1.11 bits per heavy atom. The summed E-state index contributed by atoms with van der Waals surface area (Å²) < 4.78 is 5.19. The topological polar surface area (TPSA) is 88.3 Å². The SMILES string of the molecule is O=C(NCc1nc(C2CC2)no1)C1CCN(C(=O)CCc2ccccc2)CC1. The van der Waals surface area contributed by atoms with E-state index in [9.17, 15) is 9.59 Å². The van der Waals surface area contributed by atoms with Gasteiger partial charge in [0.2, 0.25) is 17.7 Å². The zero-order valence-corrected chi connectivity index (χ0v) is 16.0. The summed E-state index contributed by atoms with van der Waals surface area (Å²) in [6, 6.07) is 10.0. The number of carbonyl (C=O) groups excluding carboxylic acids is 2. The lowest BCUT2D eigenvalue weighted by atomic mass is 9.95. The number of aromatic nitrogens is 2. The molecule has 0 bridgehead atoms. The first-order valence-corrected chi connectivity index (χ1v) is 10.1. The Bertz CT molecular complexity index is 808. The van der Waals surface area contributed by atoms with Gasteiger partial charge in [0.1, 0.15) is 0 Å². The minimum atomic E-state index is -0.0657. The quantitative estimate of drug-likeness (QED) is 0.795. The molecule has 1 aliphatic heterocycles. The highest BCUT2D eigenvalue weighted by Crippen LogP contribution is 2.38. The van der Waals surface area contributed by atoms with Crippen molar-refractivity contribution in [3.8, 4) is 0 Å². The van der Waals surface area contributed by atoms with Gasteiger partial charge in [-0.05, 0) is 37.7 Å². The lowest BCUT2D eigenvalue weighted by molar-refractivity contribution is -0.135. The molecule has 4 rings (SSSR count). The fourth-order valence-electron chi connectivity index (χ4n) is 3.60. The summed E-state index contributed by atoms with van der Waals surface area (Å²) in [7, 11) is 0. The van der Waals surface area contributed by atoms with Crippen LogP contribution in [0.25, 0.3) is 0 Å². The van der Waals surface area contributed by atoms with Crippen LogP contribution in [0.5, 0.6) is 0 Å². The molecule has 7 nitrogen and oxygen atoms in total. The van der Waals surface area contributed by atoms with Crippen LogP contribution in [0.3, 0.4) is 0 Å². The Balaban J connectivity index is 1.17. The molecule has 0 spiro atoms. The van der Waals surface area contributed by atoms with Crippen molar-refractivity contribution in [1.82, 2.24) is 20.4 Å². The van der Waals surface area contributed by atoms with Gasteiger partial charge in [0, 0.05) is 31.3 Å². The molecular formula is C21H26N4O3. The fourth-order valence-corrected chi connectivity index (χ4v) is 3.60. The van der Waals surface area contributed by atoms with Gasteiger partial charge in [-0.3, -0.25) is 9.59 Å². The average molecular weight is 382 g/mol. The van der Waals surface area contributed by atoms with E-state index in [4.69, 9.17) is 4.52 Å². The van der Waals surface area contributed by atoms with Gasteiger partial charge in [0.05, 0.1) is 6.54 Å². The molecule has 2 fully saturated rings. The summed E-state index contributed by atoms with van der Waals surface area (Å²) in [4.78, 5) is 31.0. The van der Waals surface area contributed by atoms with E-state index in [1.807, 2.05) is 35.2 Å². The molecule has 0 radical (unpaired) electrons. The lowest BCUT2D eigenvalue weighted by Crippen LogP contribution is -2.43. The van der Waals surface area contributed by atoms with Gasteiger partial charge in [-0.1, -0.05) is 35.5 Å². The van der Waals surface area contributed by atoms with Crippen LogP contribution in [-0.4, -0.2) is 39.9 Å². The fraction of sp³-hybridized carbons (Fsp3) is 0.524. The van der Waals surface area contributed by atoms with Crippen molar-refractivity contribution in [3.63, 3.8) is 0 Å². The van der Waals surface area contributed by atoms with Crippen LogP contribution >= 0.6 is 0 Å². The number of carbonyl (C=O) groups is 2. The van der Waals surface area contributed by atoms with E-state index in [0.717, 1.165) is 25.1 Å². The van der Waals surface area contributed by atoms with E-state index in [-0.39, 0.29) is 24.3 Å². The van der Waals surface area contributed by atoms with Gasteiger partial charge in [-0.25, -0.2) is 0 Å². The number of aryl methyl sites for hydroxylation is 1. The van der Waals surface area contributed by atoms with Crippen LogP contribution in [0.2, 0.25) is 0 Å².